The van der Waals surface area contributed by atoms with E-state index in [1.54, 1.807) is 11.3 Å². The molecule has 3 atom stereocenters. The Kier molecular flexibility index (Phi) is 6.91. The molecular formula is C23H30N4O3S. The molecule has 3 N–H and O–H groups in total. The fourth-order valence-corrected chi connectivity index (χ4v) is 4.48. The van der Waals surface area contributed by atoms with Crippen LogP contribution in [0.5, 0.6) is 0 Å². The molecule has 1 aromatic heterocycles. The van der Waals surface area contributed by atoms with E-state index >= 15 is 0 Å². The largest absolute Gasteiger partial charge is 0.350 e. The van der Waals surface area contributed by atoms with Crippen molar-refractivity contribution in [2.24, 2.45) is 17.1 Å². The zero-order valence-corrected chi connectivity index (χ0v) is 19.2. The highest BCUT2D eigenvalue weighted by Crippen LogP contribution is 2.28. The summed E-state index contributed by atoms with van der Waals surface area (Å²) in [4.78, 5) is 44.0. The first-order valence-electron chi connectivity index (χ1n) is 10.4. The lowest BCUT2D eigenvalue weighted by Gasteiger charge is -2.32. The van der Waals surface area contributed by atoms with Crippen LogP contribution in [0.3, 0.4) is 0 Å². The van der Waals surface area contributed by atoms with Crippen LogP contribution in [-0.2, 0) is 20.9 Å². The number of aromatic nitrogens is 1. The van der Waals surface area contributed by atoms with Crippen molar-refractivity contribution in [2.45, 2.75) is 52.7 Å². The van der Waals surface area contributed by atoms with Gasteiger partial charge in [0.1, 0.15) is 12.3 Å². The molecule has 0 spiro atoms. The quantitative estimate of drug-likeness (QED) is 0.669. The maximum absolute atomic E-state index is 12.9. The molecule has 1 aliphatic rings. The first kappa shape index (κ1) is 23.1. The van der Waals surface area contributed by atoms with Crippen molar-refractivity contribution in [1.82, 2.24) is 15.2 Å². The van der Waals surface area contributed by atoms with Crippen molar-refractivity contribution in [3.63, 3.8) is 0 Å². The monoisotopic (exact) mass is 442 g/mol. The smallest absolute Gasteiger partial charge is 0.243 e. The molecule has 1 fully saturated rings. The van der Waals surface area contributed by atoms with Crippen LogP contribution in [0.1, 0.15) is 38.4 Å². The zero-order valence-electron chi connectivity index (χ0n) is 18.4. The Morgan fingerprint density at radius 2 is 2.00 bits per heavy atom. The number of thiazole rings is 1. The van der Waals surface area contributed by atoms with Gasteiger partial charge in [-0.2, -0.15) is 0 Å². The van der Waals surface area contributed by atoms with Gasteiger partial charge in [-0.3, -0.25) is 9.59 Å². The van der Waals surface area contributed by atoms with E-state index in [1.807, 2.05) is 57.5 Å². The Morgan fingerprint density at radius 3 is 2.55 bits per heavy atom. The molecule has 0 saturated carbocycles. The molecule has 0 unspecified atom stereocenters. The van der Waals surface area contributed by atoms with Gasteiger partial charge in [-0.1, -0.05) is 45.0 Å². The lowest BCUT2D eigenvalue weighted by Crippen LogP contribution is -2.54. The summed E-state index contributed by atoms with van der Waals surface area (Å²) in [6.07, 6.45) is 1.14. The van der Waals surface area contributed by atoms with Crippen molar-refractivity contribution in [3.05, 3.63) is 41.0 Å². The summed E-state index contributed by atoms with van der Waals surface area (Å²) in [6.45, 7) is 8.20. The average molecular weight is 443 g/mol. The van der Waals surface area contributed by atoms with Crippen LogP contribution in [0.2, 0.25) is 0 Å². The van der Waals surface area contributed by atoms with E-state index in [4.69, 9.17) is 5.73 Å². The number of nitrogens with zero attached hydrogens (tertiary/aromatic N) is 2. The molecule has 0 bridgehead atoms. The molecule has 0 aliphatic carbocycles. The third kappa shape index (κ3) is 5.19. The molecule has 1 aliphatic heterocycles. The summed E-state index contributed by atoms with van der Waals surface area (Å²) in [5, 5.41) is 2.91. The van der Waals surface area contributed by atoms with Gasteiger partial charge in [0.05, 0.1) is 22.1 Å². The number of benzene rings is 1. The number of aryl methyl sites for hydroxylation is 1. The van der Waals surface area contributed by atoms with Crippen LogP contribution in [0.25, 0.3) is 10.4 Å². The number of nitrogens with two attached hydrogens (primary N) is 1. The van der Waals surface area contributed by atoms with Gasteiger partial charge in [0.2, 0.25) is 11.8 Å². The topological polar surface area (TPSA) is 105 Å². The molecular weight excluding hydrogens is 412 g/mol. The standard InChI is InChI=1S/C23H30N4O3S/c1-14-19(31-13-26-14)17-7-5-15(6-8-17)10-25-21(29)18-9-16(12-28)11-27(18)22(30)20(24)23(2,3)4/h5-8,12-13,16,18,20H,9-11,24H2,1-4H3,(H,25,29)/t16-,18+,20-/m1/s1. The number of rotatable bonds is 6. The van der Waals surface area contributed by atoms with Crippen molar-refractivity contribution in [3.8, 4) is 10.4 Å². The number of aldehydes is 1. The number of likely N-dealkylation sites (tertiary alicyclic amines) is 1. The number of amides is 2. The van der Waals surface area contributed by atoms with E-state index < -0.39 is 17.5 Å². The maximum atomic E-state index is 12.9. The second kappa shape index (κ2) is 9.28. The molecule has 166 valence electrons. The van der Waals surface area contributed by atoms with Gasteiger partial charge in [-0.25, -0.2) is 4.98 Å². The van der Waals surface area contributed by atoms with Gasteiger partial charge in [0.25, 0.3) is 0 Å². The van der Waals surface area contributed by atoms with Gasteiger partial charge in [0.15, 0.2) is 0 Å². The van der Waals surface area contributed by atoms with Crippen molar-refractivity contribution in [2.75, 3.05) is 6.54 Å². The minimum atomic E-state index is -0.740. The van der Waals surface area contributed by atoms with Crippen LogP contribution in [0.4, 0.5) is 0 Å². The summed E-state index contributed by atoms with van der Waals surface area (Å²) in [7, 11) is 0. The van der Waals surface area contributed by atoms with E-state index in [0.29, 0.717) is 13.0 Å². The second-order valence-corrected chi connectivity index (χ2v) is 10.0. The number of carbonyl (C=O) groups excluding carboxylic acids is 3. The molecule has 31 heavy (non-hydrogen) atoms. The predicted octanol–water partition coefficient (Wildman–Crippen LogP) is 2.52. The first-order chi connectivity index (χ1) is 14.6. The predicted molar refractivity (Wildman–Crippen MR) is 121 cm³/mol. The zero-order chi connectivity index (χ0) is 22.8. The van der Waals surface area contributed by atoms with Crippen molar-refractivity contribution < 1.29 is 14.4 Å². The fraction of sp³-hybridized carbons (Fsp3) is 0.478. The minimum Gasteiger partial charge on any atom is -0.350 e. The average Bonchev–Trinajstić information content (AvgIpc) is 3.37. The normalized spacial score (nSPS) is 19.8. The Bertz CT molecular complexity index is 948. The van der Waals surface area contributed by atoms with Crippen LogP contribution in [0.15, 0.2) is 29.8 Å². The highest BCUT2D eigenvalue weighted by atomic mass is 32.1. The summed E-state index contributed by atoms with van der Waals surface area (Å²) < 4.78 is 0. The van der Waals surface area contributed by atoms with Gasteiger partial charge in [0, 0.05) is 19.0 Å². The molecule has 1 aromatic carbocycles. The number of hydrogen-bond acceptors (Lipinski definition) is 6. The molecule has 3 rings (SSSR count). The summed E-state index contributed by atoms with van der Waals surface area (Å²) in [6, 6.07) is 6.54. The molecule has 2 heterocycles. The van der Waals surface area contributed by atoms with Crippen LogP contribution < -0.4 is 11.1 Å². The molecule has 2 amide bonds. The van der Waals surface area contributed by atoms with E-state index in [9.17, 15) is 14.4 Å². The minimum absolute atomic E-state index is 0.229. The van der Waals surface area contributed by atoms with E-state index in [2.05, 4.69) is 10.3 Å². The SMILES string of the molecule is Cc1ncsc1-c1ccc(CNC(=O)[C@@H]2C[C@@H](C=O)CN2C(=O)[C@@H](N)C(C)(C)C)cc1. The van der Waals surface area contributed by atoms with Crippen molar-refractivity contribution >= 4 is 29.4 Å². The van der Waals surface area contributed by atoms with Gasteiger partial charge in [-0.15, -0.1) is 11.3 Å². The van der Waals surface area contributed by atoms with Crippen molar-refractivity contribution in [1.29, 1.82) is 0 Å². The third-order valence-electron chi connectivity index (χ3n) is 5.74. The Hall–Kier alpha value is -2.58. The molecule has 0 radical (unpaired) electrons. The lowest BCUT2D eigenvalue weighted by atomic mass is 9.86. The third-order valence-corrected chi connectivity index (χ3v) is 6.72. The number of hydrogen-bond donors (Lipinski definition) is 2. The van der Waals surface area contributed by atoms with E-state index in [0.717, 1.165) is 28.0 Å². The van der Waals surface area contributed by atoms with Gasteiger partial charge in [-0.05, 0) is 29.9 Å². The van der Waals surface area contributed by atoms with Crippen LogP contribution in [0, 0.1) is 18.3 Å². The second-order valence-electron chi connectivity index (χ2n) is 9.16. The Morgan fingerprint density at radius 1 is 1.32 bits per heavy atom. The summed E-state index contributed by atoms with van der Waals surface area (Å²) >= 11 is 1.60. The summed E-state index contributed by atoms with van der Waals surface area (Å²) in [5.41, 5.74) is 10.6. The number of carbonyl (C=O) groups is 3. The van der Waals surface area contributed by atoms with Crippen LogP contribution in [-0.4, -0.2) is 46.6 Å². The molecule has 1 saturated heterocycles. The Labute approximate surface area is 187 Å². The number of nitrogens with one attached hydrogen (secondary N) is 1. The van der Waals surface area contributed by atoms with E-state index in [-0.39, 0.29) is 24.3 Å². The van der Waals surface area contributed by atoms with Gasteiger partial charge < -0.3 is 20.7 Å². The van der Waals surface area contributed by atoms with Gasteiger partial charge >= 0.3 is 0 Å². The highest BCUT2D eigenvalue weighted by molar-refractivity contribution is 7.13. The maximum Gasteiger partial charge on any atom is 0.243 e. The first-order valence-corrected chi connectivity index (χ1v) is 11.3. The lowest BCUT2D eigenvalue weighted by molar-refractivity contribution is -0.141. The van der Waals surface area contributed by atoms with E-state index in [1.165, 1.54) is 4.90 Å². The van der Waals surface area contributed by atoms with Crippen LogP contribution >= 0.6 is 11.3 Å². The molecule has 7 nitrogen and oxygen atoms in total. The summed E-state index contributed by atoms with van der Waals surface area (Å²) in [5.74, 6) is -0.906. The highest BCUT2D eigenvalue weighted by Gasteiger charge is 2.42. The Balaban J connectivity index is 1.66. The molecule has 8 heteroatoms. The fourth-order valence-electron chi connectivity index (χ4n) is 3.67. The molecule has 2 aromatic rings.